The van der Waals surface area contributed by atoms with Gasteiger partial charge >= 0.3 is 5.97 Å². The fraction of sp³-hybridized carbons (Fsp3) is 0.375. The van der Waals surface area contributed by atoms with Crippen LogP contribution in [0.5, 0.6) is 0 Å². The summed E-state index contributed by atoms with van der Waals surface area (Å²) in [6.45, 7) is 1.90. The molecule has 0 bridgehead atoms. The predicted octanol–water partition coefficient (Wildman–Crippen LogP) is 2.09. The summed E-state index contributed by atoms with van der Waals surface area (Å²) < 4.78 is 5.46. The molecule has 0 spiro atoms. The minimum Gasteiger partial charge on any atom is -0.464 e. The van der Waals surface area contributed by atoms with E-state index in [0.717, 1.165) is 16.2 Å². The summed E-state index contributed by atoms with van der Waals surface area (Å²) in [6.07, 6.45) is 0. The third-order valence-electron chi connectivity index (χ3n) is 6.38. The maximum absolute atomic E-state index is 13.4. The lowest BCUT2D eigenvalue weighted by atomic mass is 9.75. The summed E-state index contributed by atoms with van der Waals surface area (Å²) >= 11 is 0. The lowest BCUT2D eigenvalue weighted by Gasteiger charge is -2.33. The number of hydrogen-bond donors (Lipinski definition) is 1. The van der Waals surface area contributed by atoms with Crippen LogP contribution in [0.4, 0.5) is 5.69 Å². The summed E-state index contributed by atoms with van der Waals surface area (Å²) in [5, 5.41) is 3.40. The van der Waals surface area contributed by atoms with Crippen LogP contribution >= 0.6 is 0 Å². The van der Waals surface area contributed by atoms with Crippen LogP contribution < -0.4 is 10.2 Å². The van der Waals surface area contributed by atoms with Crippen molar-refractivity contribution in [1.82, 2.24) is 10.2 Å². The number of anilines is 1. The molecule has 31 heavy (non-hydrogen) atoms. The zero-order chi connectivity index (χ0) is 22.3. The number of rotatable bonds is 5. The van der Waals surface area contributed by atoms with Crippen LogP contribution in [-0.4, -0.2) is 50.4 Å². The number of amides is 2. The van der Waals surface area contributed by atoms with Crippen molar-refractivity contribution >= 4 is 23.5 Å². The van der Waals surface area contributed by atoms with Gasteiger partial charge in [0.15, 0.2) is 5.54 Å². The molecule has 0 aromatic heterocycles. The number of ether oxygens (including phenoxy) is 1. The van der Waals surface area contributed by atoms with Crippen molar-refractivity contribution in [3.8, 4) is 0 Å². The number of hydrogen-bond acceptors (Lipinski definition) is 6. The average molecular weight is 421 g/mol. The minimum atomic E-state index is -1.44. The molecular formula is C24H27N3O4. The van der Waals surface area contributed by atoms with E-state index in [-0.39, 0.29) is 18.4 Å². The van der Waals surface area contributed by atoms with E-state index in [2.05, 4.69) is 5.32 Å². The van der Waals surface area contributed by atoms with Gasteiger partial charge in [-0.25, -0.2) is 4.79 Å². The first-order chi connectivity index (χ1) is 14.8. The van der Waals surface area contributed by atoms with Crippen LogP contribution in [0.25, 0.3) is 0 Å². The summed E-state index contributed by atoms with van der Waals surface area (Å²) in [6, 6.07) is 16.4. The van der Waals surface area contributed by atoms with Crippen LogP contribution in [0, 0.1) is 11.8 Å². The molecule has 7 nitrogen and oxygen atoms in total. The van der Waals surface area contributed by atoms with Gasteiger partial charge in [-0.05, 0) is 30.2 Å². The average Bonchev–Trinajstić information content (AvgIpc) is 3.25. The van der Waals surface area contributed by atoms with E-state index >= 15 is 0 Å². The second-order valence-corrected chi connectivity index (χ2v) is 8.24. The maximum atomic E-state index is 13.4. The highest BCUT2D eigenvalue weighted by Crippen LogP contribution is 2.53. The number of fused-ring (bicyclic) bond motifs is 1. The van der Waals surface area contributed by atoms with Crippen LogP contribution in [0.1, 0.15) is 24.1 Å². The topological polar surface area (TPSA) is 79.0 Å². The molecule has 2 fully saturated rings. The number of carbonyl (C=O) groups excluding carboxylic acids is 3. The monoisotopic (exact) mass is 421 g/mol. The molecule has 2 amide bonds. The summed E-state index contributed by atoms with van der Waals surface area (Å²) in [7, 11) is 5.39. The van der Waals surface area contributed by atoms with Gasteiger partial charge in [-0.3, -0.25) is 19.8 Å². The molecule has 2 aromatic rings. The molecule has 2 aliphatic heterocycles. The van der Waals surface area contributed by atoms with Crippen molar-refractivity contribution in [2.24, 2.45) is 11.8 Å². The van der Waals surface area contributed by atoms with Crippen molar-refractivity contribution in [1.29, 1.82) is 0 Å². The summed E-state index contributed by atoms with van der Waals surface area (Å²) in [5.74, 6) is -2.78. The van der Waals surface area contributed by atoms with Gasteiger partial charge in [0.25, 0.3) is 0 Å². The highest BCUT2D eigenvalue weighted by molar-refractivity contribution is 6.09. The standard InChI is InChI=1S/C24H27N3O4/c1-5-31-23(30)24(16-9-7-6-8-10-16)19-18(21(28)27(4)22(19)29)20(25-24)15-11-13-17(14-12-15)26(2)3/h6-14,18-20,25H,5H2,1-4H3/t18-,19-,20+,24+/m0/s1. The van der Waals surface area contributed by atoms with E-state index in [4.69, 9.17) is 4.74 Å². The molecule has 1 N–H and O–H groups in total. The van der Waals surface area contributed by atoms with E-state index in [1.54, 1.807) is 19.1 Å². The molecule has 0 unspecified atom stereocenters. The minimum absolute atomic E-state index is 0.173. The molecule has 2 heterocycles. The number of carbonyl (C=O) groups is 3. The molecule has 0 radical (unpaired) electrons. The first kappa shape index (κ1) is 21.1. The van der Waals surface area contributed by atoms with Crippen molar-refractivity contribution < 1.29 is 19.1 Å². The normalized spacial score (nSPS) is 27.4. The number of esters is 1. The Labute approximate surface area is 182 Å². The number of benzene rings is 2. The van der Waals surface area contributed by atoms with E-state index < -0.39 is 29.4 Å². The lowest BCUT2D eigenvalue weighted by Crippen LogP contribution is -2.53. The Kier molecular flexibility index (Phi) is 5.31. The quantitative estimate of drug-likeness (QED) is 0.588. The number of imide groups is 1. The Morgan fingerprint density at radius 2 is 1.71 bits per heavy atom. The predicted molar refractivity (Wildman–Crippen MR) is 116 cm³/mol. The van der Waals surface area contributed by atoms with Crippen LogP contribution in [0.3, 0.4) is 0 Å². The highest BCUT2D eigenvalue weighted by atomic mass is 16.5. The molecule has 2 saturated heterocycles. The van der Waals surface area contributed by atoms with Crippen LogP contribution in [0.15, 0.2) is 54.6 Å². The fourth-order valence-corrected chi connectivity index (χ4v) is 4.83. The number of nitrogens with zero attached hydrogens (tertiary/aromatic N) is 2. The Balaban J connectivity index is 1.89. The Bertz CT molecular complexity index is 1010. The molecule has 4 atom stereocenters. The molecular weight excluding hydrogens is 394 g/mol. The maximum Gasteiger partial charge on any atom is 0.331 e. The van der Waals surface area contributed by atoms with E-state index in [1.807, 2.05) is 61.5 Å². The first-order valence-electron chi connectivity index (χ1n) is 10.4. The third-order valence-corrected chi connectivity index (χ3v) is 6.38. The van der Waals surface area contributed by atoms with E-state index in [0.29, 0.717) is 5.56 Å². The fourth-order valence-electron chi connectivity index (χ4n) is 4.83. The lowest BCUT2D eigenvalue weighted by molar-refractivity contribution is -0.156. The molecule has 0 aliphatic carbocycles. The van der Waals surface area contributed by atoms with Gasteiger partial charge in [0, 0.05) is 32.9 Å². The zero-order valence-electron chi connectivity index (χ0n) is 18.2. The van der Waals surface area contributed by atoms with Gasteiger partial charge in [-0.15, -0.1) is 0 Å². The summed E-state index contributed by atoms with van der Waals surface area (Å²) in [5.41, 5.74) is 1.04. The Hall–Kier alpha value is -3.19. The van der Waals surface area contributed by atoms with Crippen molar-refractivity contribution in [3.63, 3.8) is 0 Å². The van der Waals surface area contributed by atoms with Crippen molar-refractivity contribution in [3.05, 3.63) is 65.7 Å². The number of nitrogens with one attached hydrogen (secondary N) is 1. The van der Waals surface area contributed by atoms with Gasteiger partial charge in [0.2, 0.25) is 11.8 Å². The molecule has 4 rings (SSSR count). The Morgan fingerprint density at radius 1 is 1.06 bits per heavy atom. The van der Waals surface area contributed by atoms with Crippen LogP contribution in [-0.2, 0) is 24.7 Å². The zero-order valence-corrected chi connectivity index (χ0v) is 18.2. The second kappa shape index (κ2) is 7.81. The van der Waals surface area contributed by atoms with Crippen molar-refractivity contribution in [2.75, 3.05) is 32.6 Å². The van der Waals surface area contributed by atoms with E-state index in [9.17, 15) is 14.4 Å². The molecule has 162 valence electrons. The first-order valence-corrected chi connectivity index (χ1v) is 10.4. The molecule has 2 aromatic carbocycles. The van der Waals surface area contributed by atoms with Gasteiger partial charge < -0.3 is 9.64 Å². The van der Waals surface area contributed by atoms with Gasteiger partial charge in [-0.1, -0.05) is 42.5 Å². The third kappa shape index (κ3) is 3.11. The number of likely N-dealkylation sites (tertiary alicyclic amines) is 1. The molecule has 7 heteroatoms. The highest BCUT2D eigenvalue weighted by Gasteiger charge is 2.69. The molecule has 2 aliphatic rings. The second-order valence-electron chi connectivity index (χ2n) is 8.24. The van der Waals surface area contributed by atoms with Gasteiger partial charge in [0.05, 0.1) is 18.4 Å². The molecule has 0 saturated carbocycles. The summed E-state index contributed by atoms with van der Waals surface area (Å²) in [4.78, 5) is 43.0. The Morgan fingerprint density at radius 3 is 2.29 bits per heavy atom. The van der Waals surface area contributed by atoms with Gasteiger partial charge in [-0.2, -0.15) is 0 Å². The van der Waals surface area contributed by atoms with Crippen LogP contribution in [0.2, 0.25) is 0 Å². The SMILES string of the molecule is CCOC(=O)[C@]1(c2ccccc2)N[C@H](c2ccc(N(C)C)cc2)[C@H]2C(=O)N(C)C(=O)[C@H]21. The smallest absolute Gasteiger partial charge is 0.331 e. The van der Waals surface area contributed by atoms with Crippen molar-refractivity contribution in [2.45, 2.75) is 18.5 Å². The largest absolute Gasteiger partial charge is 0.464 e. The van der Waals surface area contributed by atoms with E-state index in [1.165, 1.54) is 7.05 Å². The van der Waals surface area contributed by atoms with Gasteiger partial charge in [0.1, 0.15) is 0 Å².